The van der Waals surface area contributed by atoms with E-state index in [0.29, 0.717) is 12.1 Å². The molecule has 3 atom stereocenters. The molecule has 0 bridgehead atoms. The molecule has 1 rings (SSSR count). The van der Waals surface area contributed by atoms with Gasteiger partial charge in [0.1, 0.15) is 0 Å². The maximum atomic E-state index is 11.8. The summed E-state index contributed by atoms with van der Waals surface area (Å²) in [6.07, 6.45) is 5.74. The van der Waals surface area contributed by atoms with Crippen LogP contribution in [0.15, 0.2) is 0 Å². The van der Waals surface area contributed by atoms with Gasteiger partial charge in [-0.15, -0.1) is 0 Å². The Morgan fingerprint density at radius 1 is 1.47 bits per heavy atom. The number of unbranched alkanes of at least 4 members (excludes halogenated alkanes) is 1. The van der Waals surface area contributed by atoms with Crippen molar-refractivity contribution < 1.29 is 9.53 Å². The molecule has 0 aromatic carbocycles. The second-order valence-electron chi connectivity index (χ2n) is 4.90. The molecule has 1 fully saturated rings. The first kappa shape index (κ1) is 14.5. The van der Waals surface area contributed by atoms with Gasteiger partial charge >= 0.3 is 0 Å². The van der Waals surface area contributed by atoms with Gasteiger partial charge in [0, 0.05) is 19.7 Å². The molecule has 1 aliphatic rings. The van der Waals surface area contributed by atoms with Crippen LogP contribution in [0.4, 0.5) is 0 Å². The van der Waals surface area contributed by atoms with E-state index >= 15 is 0 Å². The third kappa shape index (κ3) is 5.04. The van der Waals surface area contributed by atoms with Crippen molar-refractivity contribution in [1.29, 1.82) is 0 Å². The summed E-state index contributed by atoms with van der Waals surface area (Å²) in [6, 6.07) is 0.319. The Morgan fingerprint density at radius 3 is 2.82 bits per heavy atom. The van der Waals surface area contributed by atoms with Crippen molar-refractivity contribution in [3.63, 3.8) is 0 Å². The minimum Gasteiger partial charge on any atom is -0.381 e. The number of carbonyl (C=O) groups is 1. The molecule has 4 heteroatoms. The van der Waals surface area contributed by atoms with Gasteiger partial charge in [-0.2, -0.15) is 0 Å². The Bertz CT molecular complexity index is 233. The number of hydrogen-bond donors (Lipinski definition) is 2. The standard InChI is InChI=1S/C13H26N2O2/c1-4-5-8-14-13(16)10(2)15-11-6-7-12(9-11)17-3/h10-12,15H,4-9H2,1-3H3,(H,14,16). The average molecular weight is 242 g/mol. The molecule has 0 radical (unpaired) electrons. The molecule has 1 saturated carbocycles. The van der Waals surface area contributed by atoms with Crippen molar-refractivity contribution in [2.75, 3.05) is 13.7 Å². The zero-order valence-electron chi connectivity index (χ0n) is 11.3. The Hall–Kier alpha value is -0.610. The molecule has 4 nitrogen and oxygen atoms in total. The Morgan fingerprint density at radius 2 is 2.24 bits per heavy atom. The summed E-state index contributed by atoms with van der Waals surface area (Å²) >= 11 is 0. The monoisotopic (exact) mass is 242 g/mol. The van der Waals surface area contributed by atoms with Crippen LogP contribution in [0.5, 0.6) is 0 Å². The van der Waals surface area contributed by atoms with E-state index in [0.717, 1.165) is 38.6 Å². The van der Waals surface area contributed by atoms with Crippen molar-refractivity contribution >= 4 is 5.91 Å². The van der Waals surface area contributed by atoms with Crippen molar-refractivity contribution in [3.8, 4) is 0 Å². The van der Waals surface area contributed by atoms with Crippen molar-refractivity contribution in [2.24, 2.45) is 0 Å². The van der Waals surface area contributed by atoms with Gasteiger partial charge in [0.25, 0.3) is 0 Å². The highest BCUT2D eigenvalue weighted by Crippen LogP contribution is 2.21. The highest BCUT2D eigenvalue weighted by atomic mass is 16.5. The summed E-state index contributed by atoms with van der Waals surface area (Å²) in [5, 5.41) is 6.33. The van der Waals surface area contributed by atoms with Crippen molar-refractivity contribution in [1.82, 2.24) is 10.6 Å². The molecule has 17 heavy (non-hydrogen) atoms. The maximum absolute atomic E-state index is 11.8. The van der Waals surface area contributed by atoms with E-state index in [4.69, 9.17) is 4.74 Å². The lowest BCUT2D eigenvalue weighted by Crippen LogP contribution is -2.46. The molecule has 1 aliphatic carbocycles. The van der Waals surface area contributed by atoms with Crippen LogP contribution < -0.4 is 10.6 Å². The van der Waals surface area contributed by atoms with Gasteiger partial charge in [-0.1, -0.05) is 13.3 Å². The van der Waals surface area contributed by atoms with Crippen LogP contribution in [0, 0.1) is 0 Å². The van der Waals surface area contributed by atoms with Crippen LogP contribution in [0.25, 0.3) is 0 Å². The van der Waals surface area contributed by atoms with Gasteiger partial charge in [-0.05, 0) is 32.6 Å². The Labute approximate surface area is 104 Å². The van der Waals surface area contributed by atoms with E-state index < -0.39 is 0 Å². The van der Waals surface area contributed by atoms with Gasteiger partial charge < -0.3 is 15.4 Å². The SMILES string of the molecule is CCCCNC(=O)C(C)NC1CCC(OC)C1. The summed E-state index contributed by atoms with van der Waals surface area (Å²) in [5.41, 5.74) is 0. The molecular formula is C13H26N2O2. The molecule has 0 saturated heterocycles. The van der Waals surface area contributed by atoms with Crippen molar-refractivity contribution in [3.05, 3.63) is 0 Å². The van der Waals surface area contributed by atoms with E-state index in [1.54, 1.807) is 7.11 Å². The molecule has 0 spiro atoms. The summed E-state index contributed by atoms with van der Waals surface area (Å²) in [5.74, 6) is 0.110. The quantitative estimate of drug-likeness (QED) is 0.664. The fraction of sp³-hybridized carbons (Fsp3) is 0.923. The van der Waals surface area contributed by atoms with Crippen molar-refractivity contribution in [2.45, 2.75) is 64.1 Å². The number of rotatable bonds is 7. The van der Waals surface area contributed by atoms with E-state index in [9.17, 15) is 4.79 Å². The van der Waals surface area contributed by atoms with Crippen LogP contribution in [-0.2, 0) is 9.53 Å². The van der Waals surface area contributed by atoms with Gasteiger partial charge in [0.15, 0.2) is 0 Å². The van der Waals surface area contributed by atoms with Crippen LogP contribution >= 0.6 is 0 Å². The highest BCUT2D eigenvalue weighted by Gasteiger charge is 2.26. The van der Waals surface area contributed by atoms with E-state index in [2.05, 4.69) is 17.6 Å². The lowest BCUT2D eigenvalue weighted by Gasteiger charge is -2.19. The summed E-state index contributed by atoms with van der Waals surface area (Å²) in [7, 11) is 1.76. The number of amides is 1. The lowest BCUT2D eigenvalue weighted by atomic mass is 10.2. The zero-order chi connectivity index (χ0) is 12.7. The predicted molar refractivity (Wildman–Crippen MR) is 69.0 cm³/mol. The van der Waals surface area contributed by atoms with E-state index in [-0.39, 0.29) is 11.9 Å². The summed E-state index contributed by atoms with van der Waals surface area (Å²) in [6.45, 7) is 4.84. The van der Waals surface area contributed by atoms with Crippen LogP contribution in [0.2, 0.25) is 0 Å². The largest absolute Gasteiger partial charge is 0.381 e. The molecule has 2 N–H and O–H groups in total. The Kier molecular flexibility index (Phi) is 6.52. The van der Waals surface area contributed by atoms with Gasteiger partial charge in [0.2, 0.25) is 5.91 Å². The maximum Gasteiger partial charge on any atom is 0.236 e. The minimum atomic E-state index is -0.104. The number of ether oxygens (including phenoxy) is 1. The molecule has 1 amide bonds. The van der Waals surface area contributed by atoms with Gasteiger partial charge in [-0.25, -0.2) is 0 Å². The normalized spacial score (nSPS) is 25.8. The molecule has 0 aromatic heterocycles. The van der Waals surface area contributed by atoms with Crippen LogP contribution in [0.1, 0.15) is 46.0 Å². The molecule has 3 unspecified atom stereocenters. The number of carbonyl (C=O) groups excluding carboxylic acids is 1. The zero-order valence-corrected chi connectivity index (χ0v) is 11.3. The topological polar surface area (TPSA) is 50.4 Å². The van der Waals surface area contributed by atoms with Gasteiger partial charge in [0.05, 0.1) is 12.1 Å². The molecule has 100 valence electrons. The van der Waals surface area contributed by atoms with E-state index in [1.165, 1.54) is 0 Å². The first-order valence-corrected chi connectivity index (χ1v) is 6.74. The first-order valence-electron chi connectivity index (χ1n) is 6.74. The summed E-state index contributed by atoms with van der Waals surface area (Å²) < 4.78 is 5.32. The van der Waals surface area contributed by atoms with Crippen LogP contribution in [-0.4, -0.2) is 37.7 Å². The highest BCUT2D eigenvalue weighted by molar-refractivity contribution is 5.81. The predicted octanol–water partition coefficient (Wildman–Crippen LogP) is 1.45. The second kappa shape index (κ2) is 7.67. The average Bonchev–Trinajstić information content (AvgIpc) is 2.77. The fourth-order valence-electron chi connectivity index (χ4n) is 2.28. The summed E-state index contributed by atoms with van der Waals surface area (Å²) in [4.78, 5) is 11.8. The molecule has 0 aliphatic heterocycles. The molecular weight excluding hydrogens is 216 g/mol. The molecule has 0 heterocycles. The fourth-order valence-corrected chi connectivity index (χ4v) is 2.28. The second-order valence-corrected chi connectivity index (χ2v) is 4.90. The lowest BCUT2D eigenvalue weighted by molar-refractivity contribution is -0.122. The van der Waals surface area contributed by atoms with E-state index in [1.807, 2.05) is 6.92 Å². The van der Waals surface area contributed by atoms with Crippen LogP contribution in [0.3, 0.4) is 0 Å². The Balaban J connectivity index is 2.19. The smallest absolute Gasteiger partial charge is 0.236 e. The number of methoxy groups -OCH3 is 1. The molecule has 0 aromatic rings. The number of hydrogen-bond acceptors (Lipinski definition) is 3. The third-order valence-corrected chi connectivity index (χ3v) is 3.43. The number of nitrogens with one attached hydrogen (secondary N) is 2. The third-order valence-electron chi connectivity index (χ3n) is 3.43. The first-order chi connectivity index (χ1) is 8.17. The minimum absolute atomic E-state index is 0.104. The van der Waals surface area contributed by atoms with Gasteiger partial charge in [-0.3, -0.25) is 4.79 Å².